The zero-order valence-corrected chi connectivity index (χ0v) is 10.7. The van der Waals surface area contributed by atoms with Crippen LogP contribution in [0.25, 0.3) is 10.2 Å². The molecule has 0 amide bonds. The van der Waals surface area contributed by atoms with E-state index in [1.807, 2.05) is 36.4 Å². The second-order valence-electron chi connectivity index (χ2n) is 4.25. The Morgan fingerprint density at radius 1 is 1.00 bits per heavy atom. The molecule has 0 aliphatic rings. The average molecular weight is 255 g/mol. The van der Waals surface area contributed by atoms with E-state index in [1.165, 1.54) is 4.70 Å². The van der Waals surface area contributed by atoms with Gasteiger partial charge in [-0.2, -0.15) is 0 Å². The number of benzene rings is 2. The lowest BCUT2D eigenvalue weighted by atomic mass is 10.1. The van der Waals surface area contributed by atoms with Crippen molar-refractivity contribution in [2.45, 2.75) is 12.8 Å². The van der Waals surface area contributed by atoms with Crippen molar-refractivity contribution in [1.82, 2.24) is 4.98 Å². The highest BCUT2D eigenvalue weighted by Crippen LogP contribution is 2.23. The lowest BCUT2D eigenvalue weighted by Gasteiger charge is -1.99. The van der Waals surface area contributed by atoms with Crippen LogP contribution >= 0.6 is 11.3 Å². The molecule has 1 heterocycles. The molecule has 2 aromatic carbocycles. The monoisotopic (exact) mass is 255 g/mol. The Morgan fingerprint density at radius 3 is 2.72 bits per heavy atom. The summed E-state index contributed by atoms with van der Waals surface area (Å²) < 4.78 is 1.24. The number of phenols is 1. The zero-order chi connectivity index (χ0) is 12.4. The summed E-state index contributed by atoms with van der Waals surface area (Å²) in [6.07, 6.45) is 1.83. The SMILES string of the molecule is Oc1cccc(CCc2nc3ccccc3s2)c1. The Hall–Kier alpha value is -1.87. The quantitative estimate of drug-likeness (QED) is 0.772. The van der Waals surface area contributed by atoms with E-state index < -0.39 is 0 Å². The fourth-order valence-corrected chi connectivity index (χ4v) is 2.96. The predicted molar refractivity (Wildman–Crippen MR) is 75.1 cm³/mol. The van der Waals surface area contributed by atoms with Crippen molar-refractivity contribution in [2.75, 3.05) is 0 Å². The van der Waals surface area contributed by atoms with Crippen molar-refractivity contribution in [3.05, 3.63) is 59.1 Å². The maximum absolute atomic E-state index is 9.41. The molecule has 0 fully saturated rings. The summed E-state index contributed by atoms with van der Waals surface area (Å²) in [6, 6.07) is 15.6. The highest BCUT2D eigenvalue weighted by molar-refractivity contribution is 7.18. The molecule has 0 aliphatic heterocycles. The van der Waals surface area contributed by atoms with Crippen molar-refractivity contribution in [3.8, 4) is 5.75 Å². The number of thiazole rings is 1. The number of phenolic OH excluding ortho intramolecular Hbond substituents is 1. The van der Waals surface area contributed by atoms with Gasteiger partial charge < -0.3 is 5.11 Å². The number of aromatic hydroxyl groups is 1. The number of nitrogens with zero attached hydrogens (tertiary/aromatic N) is 1. The van der Waals surface area contributed by atoms with Gasteiger partial charge in [-0.1, -0.05) is 24.3 Å². The van der Waals surface area contributed by atoms with Gasteiger partial charge in [0.05, 0.1) is 15.2 Å². The molecule has 0 saturated carbocycles. The summed E-state index contributed by atoms with van der Waals surface area (Å²) in [7, 11) is 0. The van der Waals surface area contributed by atoms with Crippen LogP contribution in [0.15, 0.2) is 48.5 Å². The van der Waals surface area contributed by atoms with Crippen LogP contribution in [-0.2, 0) is 12.8 Å². The van der Waals surface area contributed by atoms with Gasteiger partial charge in [-0.15, -0.1) is 11.3 Å². The van der Waals surface area contributed by atoms with Gasteiger partial charge in [0.1, 0.15) is 5.75 Å². The third kappa shape index (κ3) is 2.36. The summed E-state index contributed by atoms with van der Waals surface area (Å²) in [4.78, 5) is 4.61. The fourth-order valence-electron chi connectivity index (χ4n) is 1.99. The topological polar surface area (TPSA) is 33.1 Å². The molecule has 0 unspecified atom stereocenters. The van der Waals surface area contributed by atoms with E-state index in [2.05, 4.69) is 11.1 Å². The molecule has 18 heavy (non-hydrogen) atoms. The number of aromatic nitrogens is 1. The van der Waals surface area contributed by atoms with E-state index in [0.717, 1.165) is 28.9 Å². The Labute approximate surface area is 110 Å². The summed E-state index contributed by atoms with van der Waals surface area (Å²) in [5, 5.41) is 10.6. The molecule has 0 atom stereocenters. The van der Waals surface area contributed by atoms with Crippen molar-refractivity contribution >= 4 is 21.6 Å². The summed E-state index contributed by atoms with van der Waals surface area (Å²) in [5.74, 6) is 0.330. The fraction of sp³-hybridized carbons (Fsp3) is 0.133. The first kappa shape index (κ1) is 11.2. The van der Waals surface area contributed by atoms with Crippen LogP contribution in [0.1, 0.15) is 10.6 Å². The minimum Gasteiger partial charge on any atom is -0.508 e. The number of fused-ring (bicyclic) bond motifs is 1. The lowest BCUT2D eigenvalue weighted by molar-refractivity contribution is 0.474. The predicted octanol–water partition coefficient (Wildman–Crippen LogP) is 3.79. The number of aryl methyl sites for hydroxylation is 2. The van der Waals surface area contributed by atoms with E-state index >= 15 is 0 Å². The van der Waals surface area contributed by atoms with Gasteiger partial charge in [0.15, 0.2) is 0 Å². The van der Waals surface area contributed by atoms with Crippen LogP contribution < -0.4 is 0 Å². The van der Waals surface area contributed by atoms with E-state index in [-0.39, 0.29) is 0 Å². The molecule has 0 aliphatic carbocycles. The summed E-state index contributed by atoms with van der Waals surface area (Å²) >= 11 is 1.75. The molecule has 0 bridgehead atoms. The molecule has 0 radical (unpaired) electrons. The molecular weight excluding hydrogens is 242 g/mol. The number of para-hydroxylation sites is 1. The van der Waals surface area contributed by atoms with Gasteiger partial charge in [-0.25, -0.2) is 4.98 Å². The van der Waals surface area contributed by atoms with Crippen LogP contribution in [0.2, 0.25) is 0 Å². The van der Waals surface area contributed by atoms with Gasteiger partial charge >= 0.3 is 0 Å². The van der Waals surface area contributed by atoms with Crippen LogP contribution in [0.3, 0.4) is 0 Å². The maximum atomic E-state index is 9.41. The first-order valence-corrected chi connectivity index (χ1v) is 6.75. The first-order chi connectivity index (χ1) is 8.81. The van der Waals surface area contributed by atoms with Crippen molar-refractivity contribution < 1.29 is 5.11 Å². The second-order valence-corrected chi connectivity index (χ2v) is 5.36. The van der Waals surface area contributed by atoms with Crippen LogP contribution in [0.4, 0.5) is 0 Å². The zero-order valence-electron chi connectivity index (χ0n) is 9.84. The average Bonchev–Trinajstić information content (AvgIpc) is 2.79. The standard InChI is InChI=1S/C15H13NOS/c17-12-5-3-4-11(10-12)8-9-15-16-13-6-1-2-7-14(13)18-15/h1-7,10,17H,8-9H2. The minimum atomic E-state index is 0.330. The third-order valence-electron chi connectivity index (χ3n) is 2.88. The minimum absolute atomic E-state index is 0.330. The first-order valence-electron chi connectivity index (χ1n) is 5.93. The van der Waals surface area contributed by atoms with E-state index in [0.29, 0.717) is 5.75 Å². The Balaban J connectivity index is 1.76. The second kappa shape index (κ2) is 4.78. The van der Waals surface area contributed by atoms with Crippen molar-refractivity contribution in [1.29, 1.82) is 0 Å². The molecule has 0 saturated heterocycles. The highest BCUT2D eigenvalue weighted by Gasteiger charge is 2.03. The van der Waals surface area contributed by atoms with E-state index in [9.17, 15) is 5.11 Å². The molecule has 3 aromatic rings. The highest BCUT2D eigenvalue weighted by atomic mass is 32.1. The smallest absolute Gasteiger partial charge is 0.115 e. The molecule has 3 rings (SSSR count). The van der Waals surface area contributed by atoms with E-state index in [1.54, 1.807) is 17.4 Å². The van der Waals surface area contributed by atoms with Gasteiger partial charge in [0, 0.05) is 6.42 Å². The van der Waals surface area contributed by atoms with Crippen molar-refractivity contribution in [3.63, 3.8) is 0 Å². The molecule has 1 N–H and O–H groups in total. The van der Waals surface area contributed by atoms with Gasteiger partial charge in [0.25, 0.3) is 0 Å². The molecule has 2 nitrogen and oxygen atoms in total. The van der Waals surface area contributed by atoms with Crippen LogP contribution in [0.5, 0.6) is 5.75 Å². The molecule has 1 aromatic heterocycles. The van der Waals surface area contributed by atoms with Crippen LogP contribution in [-0.4, -0.2) is 10.1 Å². The van der Waals surface area contributed by atoms with Crippen molar-refractivity contribution in [2.24, 2.45) is 0 Å². The Morgan fingerprint density at radius 2 is 1.89 bits per heavy atom. The molecular formula is C15H13NOS. The Kier molecular flexibility index (Phi) is 2.99. The van der Waals surface area contributed by atoms with Gasteiger partial charge in [-0.3, -0.25) is 0 Å². The number of hydrogen-bond donors (Lipinski definition) is 1. The van der Waals surface area contributed by atoms with Crippen LogP contribution in [0, 0.1) is 0 Å². The summed E-state index contributed by atoms with van der Waals surface area (Å²) in [5.41, 5.74) is 2.22. The summed E-state index contributed by atoms with van der Waals surface area (Å²) in [6.45, 7) is 0. The lowest BCUT2D eigenvalue weighted by Crippen LogP contribution is -1.89. The third-order valence-corrected chi connectivity index (χ3v) is 3.97. The number of rotatable bonds is 3. The number of hydrogen-bond acceptors (Lipinski definition) is 3. The normalized spacial score (nSPS) is 10.9. The molecule has 90 valence electrons. The molecule has 0 spiro atoms. The largest absolute Gasteiger partial charge is 0.508 e. The molecule has 3 heteroatoms. The van der Waals surface area contributed by atoms with E-state index in [4.69, 9.17) is 0 Å². The maximum Gasteiger partial charge on any atom is 0.115 e. The van der Waals surface area contributed by atoms with Gasteiger partial charge in [-0.05, 0) is 36.2 Å². The Bertz CT molecular complexity index is 642. The van der Waals surface area contributed by atoms with Gasteiger partial charge in [0.2, 0.25) is 0 Å².